The predicted octanol–water partition coefficient (Wildman–Crippen LogP) is 2.32. The molecule has 1 aromatic carbocycles. The van der Waals surface area contributed by atoms with Gasteiger partial charge in [0.25, 0.3) is 0 Å². The second-order valence-electron chi connectivity index (χ2n) is 4.54. The zero-order chi connectivity index (χ0) is 13.7. The van der Waals surface area contributed by atoms with E-state index in [9.17, 15) is 0 Å². The largest absolute Gasteiger partial charge is 0.496 e. The van der Waals surface area contributed by atoms with Crippen molar-refractivity contribution < 1.29 is 4.74 Å². The topological polar surface area (TPSA) is 39.1 Å². The van der Waals surface area contributed by atoms with Crippen molar-refractivity contribution >= 4 is 0 Å². The van der Waals surface area contributed by atoms with Crippen molar-refractivity contribution in [1.82, 2.24) is 15.1 Å². The molecule has 1 unspecified atom stereocenters. The number of hydrogen-bond acceptors (Lipinski definition) is 3. The van der Waals surface area contributed by atoms with Crippen LogP contribution in [0, 0.1) is 0 Å². The highest BCUT2D eigenvalue weighted by Crippen LogP contribution is 2.24. The van der Waals surface area contributed by atoms with Crippen molar-refractivity contribution in [2.24, 2.45) is 7.05 Å². The van der Waals surface area contributed by atoms with Gasteiger partial charge in [-0.3, -0.25) is 4.68 Å². The maximum atomic E-state index is 5.41. The van der Waals surface area contributed by atoms with Gasteiger partial charge in [-0.1, -0.05) is 25.1 Å². The summed E-state index contributed by atoms with van der Waals surface area (Å²) in [7, 11) is 3.65. The molecular weight excluding hydrogens is 238 g/mol. The van der Waals surface area contributed by atoms with E-state index in [2.05, 4.69) is 29.5 Å². The molecule has 0 aliphatic heterocycles. The molecule has 1 heterocycles. The van der Waals surface area contributed by atoms with Crippen LogP contribution >= 0.6 is 0 Å². The van der Waals surface area contributed by atoms with Gasteiger partial charge in [0.05, 0.1) is 18.8 Å². The Kier molecular flexibility index (Phi) is 4.58. The van der Waals surface area contributed by atoms with E-state index in [4.69, 9.17) is 4.74 Å². The number of nitrogens with zero attached hydrogens (tertiary/aromatic N) is 2. The van der Waals surface area contributed by atoms with E-state index in [1.807, 2.05) is 36.1 Å². The summed E-state index contributed by atoms with van der Waals surface area (Å²) in [5, 5.41) is 7.98. The van der Waals surface area contributed by atoms with Gasteiger partial charge >= 0.3 is 0 Å². The molecule has 1 atom stereocenters. The maximum Gasteiger partial charge on any atom is 0.122 e. The van der Waals surface area contributed by atoms with Crippen LogP contribution in [0.25, 0.3) is 0 Å². The van der Waals surface area contributed by atoms with Gasteiger partial charge in [0.1, 0.15) is 5.75 Å². The molecule has 0 radical (unpaired) electrons. The van der Waals surface area contributed by atoms with Crippen molar-refractivity contribution in [2.75, 3.05) is 13.7 Å². The minimum absolute atomic E-state index is 0.211. The van der Waals surface area contributed by atoms with Crippen molar-refractivity contribution in [1.29, 1.82) is 0 Å². The number of likely N-dealkylation sites (N-methyl/N-ethyl adjacent to an activating group) is 1. The highest BCUT2D eigenvalue weighted by atomic mass is 16.5. The zero-order valence-corrected chi connectivity index (χ0v) is 11.8. The third-order valence-electron chi connectivity index (χ3n) is 3.16. The van der Waals surface area contributed by atoms with Crippen molar-refractivity contribution in [3.8, 4) is 5.75 Å². The summed E-state index contributed by atoms with van der Waals surface area (Å²) >= 11 is 0. The van der Waals surface area contributed by atoms with Crippen molar-refractivity contribution in [3.05, 3.63) is 47.8 Å². The average molecular weight is 259 g/mol. The fourth-order valence-electron chi connectivity index (χ4n) is 2.24. The summed E-state index contributed by atoms with van der Waals surface area (Å²) in [4.78, 5) is 0. The number of aryl methyl sites for hydroxylation is 1. The zero-order valence-electron chi connectivity index (χ0n) is 11.8. The maximum absolute atomic E-state index is 5.41. The fourth-order valence-corrected chi connectivity index (χ4v) is 2.24. The molecule has 0 amide bonds. The van der Waals surface area contributed by atoms with Gasteiger partial charge < -0.3 is 10.1 Å². The van der Waals surface area contributed by atoms with Crippen LogP contribution in [-0.4, -0.2) is 23.4 Å². The number of hydrogen-bond donors (Lipinski definition) is 1. The molecule has 0 spiro atoms. The molecule has 0 bridgehead atoms. The highest BCUT2D eigenvalue weighted by Gasteiger charge is 2.15. The van der Waals surface area contributed by atoms with Crippen LogP contribution in [0.3, 0.4) is 0 Å². The Labute approximate surface area is 114 Å². The average Bonchev–Trinajstić information content (AvgIpc) is 2.85. The Morgan fingerprint density at radius 2 is 2.11 bits per heavy atom. The first-order chi connectivity index (χ1) is 9.24. The summed E-state index contributed by atoms with van der Waals surface area (Å²) < 4.78 is 7.25. The summed E-state index contributed by atoms with van der Waals surface area (Å²) in [6.45, 7) is 3.02. The first kappa shape index (κ1) is 13.6. The normalized spacial score (nSPS) is 12.4. The molecule has 0 saturated carbocycles. The lowest BCUT2D eigenvalue weighted by atomic mass is 10.0. The van der Waals surface area contributed by atoms with Gasteiger partial charge in [0.15, 0.2) is 0 Å². The molecule has 0 aliphatic carbocycles. The molecule has 2 aromatic rings. The molecule has 4 nitrogen and oxygen atoms in total. The molecule has 102 valence electrons. The van der Waals surface area contributed by atoms with Crippen LogP contribution in [-0.2, 0) is 13.5 Å². The van der Waals surface area contributed by atoms with E-state index >= 15 is 0 Å². The van der Waals surface area contributed by atoms with E-state index < -0.39 is 0 Å². The first-order valence-electron chi connectivity index (χ1n) is 6.59. The van der Waals surface area contributed by atoms with Crippen LogP contribution in [0.5, 0.6) is 5.75 Å². The van der Waals surface area contributed by atoms with Crippen molar-refractivity contribution in [3.63, 3.8) is 0 Å². The molecule has 0 saturated heterocycles. The molecule has 2 rings (SSSR count). The quantitative estimate of drug-likeness (QED) is 0.865. The van der Waals surface area contributed by atoms with Gasteiger partial charge in [-0.05, 0) is 30.7 Å². The Hall–Kier alpha value is -1.81. The van der Waals surface area contributed by atoms with E-state index in [-0.39, 0.29) is 6.04 Å². The Morgan fingerprint density at radius 1 is 1.32 bits per heavy atom. The number of aromatic nitrogens is 2. The number of methoxy groups -OCH3 is 1. The molecule has 0 aliphatic rings. The summed E-state index contributed by atoms with van der Waals surface area (Å²) in [5.74, 6) is 0.932. The number of ether oxygens (including phenoxy) is 1. The Morgan fingerprint density at radius 3 is 2.74 bits per heavy atom. The second-order valence-corrected chi connectivity index (χ2v) is 4.54. The summed E-state index contributed by atoms with van der Waals surface area (Å²) in [6.07, 6.45) is 2.84. The van der Waals surface area contributed by atoms with Crippen molar-refractivity contribution in [2.45, 2.75) is 19.4 Å². The lowest BCUT2D eigenvalue weighted by molar-refractivity contribution is 0.405. The highest BCUT2D eigenvalue weighted by molar-refractivity contribution is 5.34. The monoisotopic (exact) mass is 259 g/mol. The van der Waals surface area contributed by atoms with Gasteiger partial charge in [-0.15, -0.1) is 0 Å². The molecular formula is C15H21N3O. The van der Waals surface area contributed by atoms with Gasteiger partial charge in [-0.25, -0.2) is 0 Å². The standard InChI is InChI=1S/C15H21N3O/c1-4-16-14(13-9-10-18(2)17-13)11-12-7-5-6-8-15(12)19-3/h5-10,14,16H,4,11H2,1-3H3. The van der Waals surface area contributed by atoms with Crippen LogP contribution in [0.1, 0.15) is 24.2 Å². The minimum atomic E-state index is 0.211. The third-order valence-corrected chi connectivity index (χ3v) is 3.16. The first-order valence-corrected chi connectivity index (χ1v) is 6.59. The molecule has 0 fully saturated rings. The summed E-state index contributed by atoms with van der Waals surface area (Å²) in [5.41, 5.74) is 2.26. The number of nitrogens with one attached hydrogen (secondary N) is 1. The number of para-hydroxylation sites is 1. The van der Waals surface area contributed by atoms with Gasteiger partial charge in [0, 0.05) is 13.2 Å². The van der Waals surface area contributed by atoms with Crippen LogP contribution in [0.4, 0.5) is 0 Å². The molecule has 19 heavy (non-hydrogen) atoms. The lowest BCUT2D eigenvalue weighted by Crippen LogP contribution is -2.23. The second kappa shape index (κ2) is 6.38. The molecule has 4 heteroatoms. The van der Waals surface area contributed by atoms with Crippen LogP contribution < -0.4 is 10.1 Å². The van der Waals surface area contributed by atoms with Gasteiger partial charge in [0.2, 0.25) is 0 Å². The van der Waals surface area contributed by atoms with E-state index in [0.29, 0.717) is 0 Å². The molecule has 1 N–H and O–H groups in total. The lowest BCUT2D eigenvalue weighted by Gasteiger charge is -2.17. The number of rotatable bonds is 6. The van der Waals surface area contributed by atoms with E-state index in [1.54, 1.807) is 7.11 Å². The van der Waals surface area contributed by atoms with Gasteiger partial charge in [-0.2, -0.15) is 5.10 Å². The third kappa shape index (κ3) is 3.35. The SMILES string of the molecule is CCNC(Cc1ccccc1OC)c1ccn(C)n1. The minimum Gasteiger partial charge on any atom is -0.496 e. The smallest absolute Gasteiger partial charge is 0.122 e. The van der Waals surface area contributed by atoms with Crippen LogP contribution in [0.15, 0.2) is 36.5 Å². The van der Waals surface area contributed by atoms with E-state index in [0.717, 1.165) is 24.4 Å². The predicted molar refractivity (Wildman–Crippen MR) is 76.3 cm³/mol. The molecule has 1 aromatic heterocycles. The summed E-state index contributed by atoms with van der Waals surface area (Å²) in [6, 6.07) is 10.4. The Balaban J connectivity index is 2.21. The Bertz CT molecular complexity index is 522. The fraction of sp³-hybridized carbons (Fsp3) is 0.400. The number of benzene rings is 1. The van der Waals surface area contributed by atoms with Crippen LogP contribution in [0.2, 0.25) is 0 Å². The van der Waals surface area contributed by atoms with E-state index in [1.165, 1.54) is 5.56 Å².